The van der Waals surface area contributed by atoms with Gasteiger partial charge in [-0.05, 0) is 36.6 Å². The zero-order valence-electron chi connectivity index (χ0n) is 15.3. The zero-order chi connectivity index (χ0) is 18.6. The van der Waals surface area contributed by atoms with Crippen LogP contribution in [0.15, 0.2) is 42.6 Å². The predicted octanol–water partition coefficient (Wildman–Crippen LogP) is 1.37. The third-order valence-electron chi connectivity index (χ3n) is 5.08. The Bertz CT molecular complexity index is 799. The van der Waals surface area contributed by atoms with Crippen LogP contribution in [0, 0.1) is 5.92 Å². The average Bonchev–Trinajstić information content (AvgIpc) is 3.22. The van der Waals surface area contributed by atoms with Gasteiger partial charge < -0.3 is 14.8 Å². The van der Waals surface area contributed by atoms with E-state index < -0.39 is 0 Å². The van der Waals surface area contributed by atoms with E-state index in [2.05, 4.69) is 21.2 Å². The van der Waals surface area contributed by atoms with Crippen LogP contribution in [0.3, 0.4) is 0 Å². The summed E-state index contributed by atoms with van der Waals surface area (Å²) in [6, 6.07) is 11.5. The van der Waals surface area contributed by atoms with Gasteiger partial charge in [-0.1, -0.05) is 18.2 Å². The molecule has 0 aliphatic carbocycles. The molecule has 27 heavy (non-hydrogen) atoms. The number of methoxy groups -OCH3 is 1. The molecule has 1 saturated heterocycles. The number of hydrogen-bond donors (Lipinski definition) is 3. The van der Waals surface area contributed by atoms with Gasteiger partial charge in [-0.2, -0.15) is 0 Å². The highest BCUT2D eigenvalue weighted by atomic mass is 16.5. The Morgan fingerprint density at radius 2 is 2.22 bits per heavy atom. The number of carbonyl (C=O) groups is 1. The fourth-order valence-corrected chi connectivity index (χ4v) is 3.62. The van der Waals surface area contributed by atoms with Crippen molar-refractivity contribution in [1.29, 1.82) is 0 Å². The van der Waals surface area contributed by atoms with E-state index in [9.17, 15) is 4.79 Å². The largest absolute Gasteiger partial charge is 0.493 e. The van der Waals surface area contributed by atoms with Crippen LogP contribution in [-0.4, -0.2) is 37.2 Å². The maximum absolute atomic E-state index is 12.5. The summed E-state index contributed by atoms with van der Waals surface area (Å²) in [6.45, 7) is 1.16. The van der Waals surface area contributed by atoms with E-state index in [-0.39, 0.29) is 23.9 Å². The lowest BCUT2D eigenvalue weighted by molar-refractivity contribution is -0.123. The first kappa shape index (κ1) is 17.8. The lowest BCUT2D eigenvalue weighted by atomic mass is 9.96. The molecule has 1 amide bonds. The van der Waals surface area contributed by atoms with Crippen LogP contribution in [0.4, 0.5) is 0 Å². The Balaban J connectivity index is 1.29. The van der Waals surface area contributed by atoms with Crippen molar-refractivity contribution in [3.05, 3.63) is 53.9 Å². The van der Waals surface area contributed by atoms with Crippen molar-refractivity contribution in [3.8, 4) is 11.5 Å². The lowest BCUT2D eigenvalue weighted by Gasteiger charge is -2.27. The van der Waals surface area contributed by atoms with Gasteiger partial charge in [0.25, 0.3) is 0 Å². The molecule has 2 aliphatic heterocycles. The number of para-hydroxylation sites is 1. The second kappa shape index (κ2) is 7.94. The van der Waals surface area contributed by atoms with Crippen molar-refractivity contribution in [2.75, 3.05) is 20.3 Å². The van der Waals surface area contributed by atoms with Crippen molar-refractivity contribution in [2.24, 2.45) is 5.92 Å². The molecular weight excluding hydrogens is 344 g/mol. The van der Waals surface area contributed by atoms with Crippen LogP contribution >= 0.6 is 0 Å². The smallest absolute Gasteiger partial charge is 0.238 e. The van der Waals surface area contributed by atoms with Crippen molar-refractivity contribution < 1.29 is 14.3 Å². The number of hydrogen-bond acceptors (Lipinski definition) is 6. The van der Waals surface area contributed by atoms with Gasteiger partial charge in [-0.3, -0.25) is 9.78 Å². The number of amides is 1. The van der Waals surface area contributed by atoms with E-state index in [0.717, 1.165) is 29.2 Å². The first-order chi connectivity index (χ1) is 13.2. The van der Waals surface area contributed by atoms with Crippen LogP contribution in [0.1, 0.15) is 23.7 Å². The normalized spacial score (nSPS) is 24.0. The summed E-state index contributed by atoms with van der Waals surface area (Å²) in [5, 5.41) is 3.05. The second-order valence-corrected chi connectivity index (χ2v) is 6.96. The molecule has 3 unspecified atom stereocenters. The van der Waals surface area contributed by atoms with Gasteiger partial charge in [-0.15, -0.1) is 0 Å². The SMILES string of the molecule is COc1cccc2c1OCC(CNC(=O)C1CC(c3ccccn3)NN1)C2. The molecule has 3 N–H and O–H groups in total. The minimum Gasteiger partial charge on any atom is -0.493 e. The maximum atomic E-state index is 12.5. The molecule has 1 fully saturated rings. The molecule has 2 aliphatic rings. The number of hydrazine groups is 1. The molecular formula is C20H24N4O3. The van der Waals surface area contributed by atoms with Gasteiger partial charge >= 0.3 is 0 Å². The first-order valence-corrected chi connectivity index (χ1v) is 9.23. The van der Waals surface area contributed by atoms with E-state index in [1.54, 1.807) is 13.3 Å². The van der Waals surface area contributed by atoms with E-state index in [1.807, 2.05) is 36.4 Å². The van der Waals surface area contributed by atoms with Crippen LogP contribution in [0.25, 0.3) is 0 Å². The standard InChI is InChI=1S/C20H24N4O3/c1-26-18-7-4-5-14-9-13(12-27-19(14)18)11-22-20(25)17-10-16(23-24-17)15-6-2-3-8-21-15/h2-8,13,16-17,23-24H,9-12H2,1H3,(H,22,25). The Morgan fingerprint density at radius 3 is 3.04 bits per heavy atom. The van der Waals surface area contributed by atoms with Crippen molar-refractivity contribution in [3.63, 3.8) is 0 Å². The number of ether oxygens (including phenoxy) is 2. The minimum atomic E-state index is -0.270. The zero-order valence-corrected chi connectivity index (χ0v) is 15.3. The topological polar surface area (TPSA) is 84.5 Å². The molecule has 1 aromatic heterocycles. The van der Waals surface area contributed by atoms with Crippen molar-refractivity contribution in [1.82, 2.24) is 21.2 Å². The monoisotopic (exact) mass is 368 g/mol. The highest BCUT2D eigenvalue weighted by molar-refractivity contribution is 5.82. The van der Waals surface area contributed by atoms with Gasteiger partial charge in [0.15, 0.2) is 11.5 Å². The Labute approximate surface area is 158 Å². The fraction of sp³-hybridized carbons (Fsp3) is 0.400. The van der Waals surface area contributed by atoms with Crippen LogP contribution in [0.2, 0.25) is 0 Å². The van der Waals surface area contributed by atoms with Crippen LogP contribution in [-0.2, 0) is 11.2 Å². The molecule has 1 aromatic carbocycles. The first-order valence-electron chi connectivity index (χ1n) is 9.23. The number of nitrogens with one attached hydrogen (secondary N) is 3. The fourth-order valence-electron chi connectivity index (χ4n) is 3.62. The second-order valence-electron chi connectivity index (χ2n) is 6.96. The van der Waals surface area contributed by atoms with Crippen molar-refractivity contribution in [2.45, 2.75) is 24.9 Å². The number of nitrogens with zero attached hydrogens (tertiary/aromatic N) is 1. The van der Waals surface area contributed by atoms with Crippen molar-refractivity contribution >= 4 is 5.91 Å². The summed E-state index contributed by atoms with van der Waals surface area (Å²) >= 11 is 0. The van der Waals surface area contributed by atoms with E-state index in [4.69, 9.17) is 9.47 Å². The molecule has 142 valence electrons. The quantitative estimate of drug-likeness (QED) is 0.739. The van der Waals surface area contributed by atoms with Crippen LogP contribution in [0.5, 0.6) is 11.5 Å². The van der Waals surface area contributed by atoms with Gasteiger partial charge in [0, 0.05) is 18.7 Å². The molecule has 7 heteroatoms. The molecule has 0 bridgehead atoms. The molecule has 2 aromatic rings. The number of aromatic nitrogens is 1. The number of benzene rings is 1. The van der Waals surface area contributed by atoms with Gasteiger partial charge in [-0.25, -0.2) is 10.9 Å². The molecule has 0 radical (unpaired) electrons. The van der Waals surface area contributed by atoms with E-state index >= 15 is 0 Å². The highest BCUT2D eigenvalue weighted by Crippen LogP contribution is 2.35. The third kappa shape index (κ3) is 3.89. The Morgan fingerprint density at radius 1 is 1.30 bits per heavy atom. The van der Waals surface area contributed by atoms with Gasteiger partial charge in [0.05, 0.1) is 25.5 Å². The average molecular weight is 368 g/mol. The third-order valence-corrected chi connectivity index (χ3v) is 5.08. The number of pyridine rings is 1. The summed E-state index contributed by atoms with van der Waals surface area (Å²) in [7, 11) is 1.64. The molecule has 7 nitrogen and oxygen atoms in total. The molecule has 4 rings (SSSR count). The number of carbonyl (C=O) groups excluding carboxylic acids is 1. The lowest BCUT2D eigenvalue weighted by Crippen LogP contribution is -2.45. The molecule has 0 spiro atoms. The highest BCUT2D eigenvalue weighted by Gasteiger charge is 2.31. The molecule has 3 heterocycles. The molecule has 3 atom stereocenters. The van der Waals surface area contributed by atoms with Gasteiger partial charge in [0.2, 0.25) is 5.91 Å². The summed E-state index contributed by atoms with van der Waals surface area (Å²) in [4.78, 5) is 16.9. The number of fused-ring (bicyclic) bond motifs is 1. The Kier molecular flexibility index (Phi) is 5.22. The summed E-state index contributed by atoms with van der Waals surface area (Å²) in [5.74, 6) is 1.83. The summed E-state index contributed by atoms with van der Waals surface area (Å²) < 4.78 is 11.2. The summed E-state index contributed by atoms with van der Waals surface area (Å²) in [6.07, 6.45) is 3.30. The maximum Gasteiger partial charge on any atom is 0.238 e. The Hall–Kier alpha value is -2.64. The summed E-state index contributed by atoms with van der Waals surface area (Å²) in [5.41, 5.74) is 8.29. The van der Waals surface area contributed by atoms with E-state index in [1.165, 1.54) is 0 Å². The van der Waals surface area contributed by atoms with Gasteiger partial charge in [0.1, 0.15) is 6.04 Å². The predicted molar refractivity (Wildman–Crippen MR) is 100 cm³/mol. The van der Waals surface area contributed by atoms with Crippen LogP contribution < -0.4 is 25.6 Å². The number of rotatable bonds is 5. The van der Waals surface area contributed by atoms with E-state index in [0.29, 0.717) is 19.6 Å². The minimum absolute atomic E-state index is 0.00243. The molecule has 0 saturated carbocycles.